The molecule has 0 radical (unpaired) electrons. The predicted molar refractivity (Wildman–Crippen MR) is 132 cm³/mol. The number of carbonyl (C=O) groups is 2. The third-order valence-electron chi connectivity index (χ3n) is 4.79. The van der Waals surface area contributed by atoms with Gasteiger partial charge in [-0.1, -0.05) is 54.6 Å². The standard InChI is InChI=1S/C25H25BrN4O2/c1-30(2)23-14-13-18(15-21(23)26)17-27-29-24(31)16-22(19-9-5-3-6-10-19)28-25(32)20-11-7-4-8-12-20/h3-15,17,22H,16H2,1-2H3,(H,28,32)(H,29,31)/b27-17-/t22-/m1/s1. The summed E-state index contributed by atoms with van der Waals surface area (Å²) in [5, 5.41) is 7.02. The topological polar surface area (TPSA) is 73.8 Å². The van der Waals surface area contributed by atoms with Gasteiger partial charge in [0.15, 0.2) is 0 Å². The van der Waals surface area contributed by atoms with E-state index >= 15 is 0 Å². The minimum atomic E-state index is -0.479. The molecule has 6 nitrogen and oxygen atoms in total. The number of nitrogens with zero attached hydrogens (tertiary/aromatic N) is 2. The van der Waals surface area contributed by atoms with Crippen LogP contribution in [-0.4, -0.2) is 32.1 Å². The highest BCUT2D eigenvalue weighted by Gasteiger charge is 2.19. The first-order chi connectivity index (χ1) is 15.4. The number of nitrogens with one attached hydrogen (secondary N) is 2. The van der Waals surface area contributed by atoms with Crippen molar-refractivity contribution in [2.75, 3.05) is 19.0 Å². The van der Waals surface area contributed by atoms with Gasteiger partial charge in [-0.15, -0.1) is 0 Å². The van der Waals surface area contributed by atoms with Gasteiger partial charge >= 0.3 is 0 Å². The van der Waals surface area contributed by atoms with Crippen LogP contribution in [0.1, 0.15) is 33.9 Å². The fraction of sp³-hybridized carbons (Fsp3) is 0.160. The fourth-order valence-corrected chi connectivity index (χ4v) is 3.90. The maximum atomic E-state index is 12.6. The lowest BCUT2D eigenvalue weighted by Crippen LogP contribution is -2.32. The van der Waals surface area contributed by atoms with E-state index < -0.39 is 6.04 Å². The number of carbonyl (C=O) groups excluding carboxylic acids is 2. The molecule has 164 valence electrons. The zero-order valence-electron chi connectivity index (χ0n) is 18.0. The lowest BCUT2D eigenvalue weighted by Gasteiger charge is -2.18. The van der Waals surface area contributed by atoms with Gasteiger partial charge < -0.3 is 10.2 Å². The maximum Gasteiger partial charge on any atom is 0.251 e. The summed E-state index contributed by atoms with van der Waals surface area (Å²) in [7, 11) is 3.93. The van der Waals surface area contributed by atoms with Crippen LogP contribution in [0.25, 0.3) is 0 Å². The Kier molecular flexibility index (Phi) is 8.16. The first-order valence-electron chi connectivity index (χ1n) is 10.1. The predicted octanol–water partition coefficient (Wildman–Crippen LogP) is 4.53. The van der Waals surface area contributed by atoms with Crippen molar-refractivity contribution in [1.29, 1.82) is 0 Å². The summed E-state index contributed by atoms with van der Waals surface area (Å²) < 4.78 is 0.936. The molecular weight excluding hydrogens is 468 g/mol. The molecule has 0 aromatic heterocycles. The number of anilines is 1. The van der Waals surface area contributed by atoms with Gasteiger partial charge in [0.2, 0.25) is 5.91 Å². The number of hydrazone groups is 1. The van der Waals surface area contributed by atoms with Crippen molar-refractivity contribution < 1.29 is 9.59 Å². The van der Waals surface area contributed by atoms with Crippen LogP contribution >= 0.6 is 15.9 Å². The summed E-state index contributed by atoms with van der Waals surface area (Å²) in [5.74, 6) is -0.533. The normalized spacial score (nSPS) is 11.7. The molecule has 1 atom stereocenters. The molecule has 0 aliphatic rings. The molecule has 2 N–H and O–H groups in total. The molecule has 0 fully saturated rings. The van der Waals surface area contributed by atoms with Gasteiger partial charge in [-0.3, -0.25) is 9.59 Å². The van der Waals surface area contributed by atoms with Crippen molar-refractivity contribution in [3.8, 4) is 0 Å². The number of hydrogen-bond acceptors (Lipinski definition) is 4. The zero-order valence-corrected chi connectivity index (χ0v) is 19.5. The van der Waals surface area contributed by atoms with E-state index in [0.29, 0.717) is 5.56 Å². The summed E-state index contributed by atoms with van der Waals surface area (Å²) in [6.07, 6.45) is 1.64. The molecule has 32 heavy (non-hydrogen) atoms. The average molecular weight is 493 g/mol. The Morgan fingerprint density at radius 2 is 1.66 bits per heavy atom. The van der Waals surface area contributed by atoms with Gasteiger partial charge in [0, 0.05) is 24.1 Å². The second-order valence-electron chi connectivity index (χ2n) is 7.41. The van der Waals surface area contributed by atoms with Crippen molar-refractivity contribution in [3.63, 3.8) is 0 Å². The van der Waals surface area contributed by atoms with Crippen LogP contribution in [0.4, 0.5) is 5.69 Å². The first kappa shape index (κ1) is 23.2. The molecule has 0 bridgehead atoms. The quantitative estimate of drug-likeness (QED) is 0.358. The van der Waals surface area contributed by atoms with E-state index in [9.17, 15) is 9.59 Å². The molecule has 0 heterocycles. The molecule has 0 saturated heterocycles. The molecule has 3 rings (SSSR count). The first-order valence-corrected chi connectivity index (χ1v) is 10.9. The number of rotatable bonds is 8. The Hall–Kier alpha value is -3.45. The van der Waals surface area contributed by atoms with E-state index in [1.807, 2.05) is 73.6 Å². The van der Waals surface area contributed by atoms with Gasteiger partial charge in [-0.05, 0) is 51.3 Å². The van der Waals surface area contributed by atoms with Crippen LogP contribution in [0.3, 0.4) is 0 Å². The zero-order chi connectivity index (χ0) is 22.9. The van der Waals surface area contributed by atoms with Crippen molar-refractivity contribution in [1.82, 2.24) is 10.7 Å². The minimum absolute atomic E-state index is 0.0587. The molecule has 0 aliphatic carbocycles. The van der Waals surface area contributed by atoms with Crippen LogP contribution in [-0.2, 0) is 4.79 Å². The van der Waals surface area contributed by atoms with E-state index in [-0.39, 0.29) is 18.2 Å². The van der Waals surface area contributed by atoms with Gasteiger partial charge in [0.05, 0.1) is 24.4 Å². The Bertz CT molecular complexity index is 1090. The second kappa shape index (κ2) is 11.2. The van der Waals surface area contributed by atoms with E-state index in [2.05, 4.69) is 31.8 Å². The van der Waals surface area contributed by atoms with Gasteiger partial charge in [0.25, 0.3) is 5.91 Å². The Labute approximate surface area is 196 Å². The van der Waals surface area contributed by atoms with Crippen LogP contribution in [0, 0.1) is 0 Å². The van der Waals surface area contributed by atoms with E-state index in [1.54, 1.807) is 30.5 Å². The SMILES string of the molecule is CN(C)c1ccc(/C=N\NC(=O)C[C@@H](NC(=O)c2ccccc2)c2ccccc2)cc1Br. The third kappa shape index (κ3) is 6.52. The monoisotopic (exact) mass is 492 g/mol. The molecule has 0 spiro atoms. The highest BCUT2D eigenvalue weighted by molar-refractivity contribution is 9.10. The number of halogens is 1. The second-order valence-corrected chi connectivity index (χ2v) is 8.26. The molecule has 2 amide bonds. The summed E-state index contributed by atoms with van der Waals surface area (Å²) in [6.45, 7) is 0. The van der Waals surface area contributed by atoms with Crippen LogP contribution in [0.2, 0.25) is 0 Å². The van der Waals surface area contributed by atoms with E-state index in [0.717, 1.165) is 21.3 Å². The largest absolute Gasteiger partial charge is 0.377 e. The summed E-state index contributed by atoms with van der Waals surface area (Å²) in [5.41, 5.74) is 5.84. The van der Waals surface area contributed by atoms with Gasteiger partial charge in [0.1, 0.15) is 0 Å². The number of hydrogen-bond donors (Lipinski definition) is 2. The van der Waals surface area contributed by atoms with Gasteiger partial charge in [-0.2, -0.15) is 5.10 Å². The smallest absolute Gasteiger partial charge is 0.251 e. The van der Waals surface area contributed by atoms with Crippen molar-refractivity contribution in [2.24, 2.45) is 5.10 Å². The lowest BCUT2D eigenvalue weighted by molar-refractivity contribution is -0.121. The van der Waals surface area contributed by atoms with E-state index in [1.165, 1.54) is 0 Å². The molecule has 0 aliphatic heterocycles. The number of amides is 2. The van der Waals surface area contributed by atoms with E-state index in [4.69, 9.17) is 0 Å². The third-order valence-corrected chi connectivity index (χ3v) is 5.42. The Morgan fingerprint density at radius 3 is 2.28 bits per heavy atom. The summed E-state index contributed by atoms with van der Waals surface area (Å²) in [6, 6.07) is 23.7. The maximum absolute atomic E-state index is 12.6. The van der Waals surface area contributed by atoms with Crippen LogP contribution < -0.4 is 15.6 Å². The highest BCUT2D eigenvalue weighted by Crippen LogP contribution is 2.25. The minimum Gasteiger partial charge on any atom is -0.377 e. The Morgan fingerprint density at radius 1 is 1.00 bits per heavy atom. The lowest BCUT2D eigenvalue weighted by atomic mass is 10.0. The summed E-state index contributed by atoms with van der Waals surface area (Å²) in [4.78, 5) is 27.2. The molecule has 0 unspecified atom stereocenters. The van der Waals surface area contributed by atoms with Gasteiger partial charge in [-0.25, -0.2) is 5.43 Å². The molecule has 7 heteroatoms. The van der Waals surface area contributed by atoms with Crippen molar-refractivity contribution in [3.05, 3.63) is 100 Å². The van der Waals surface area contributed by atoms with Crippen molar-refractivity contribution in [2.45, 2.75) is 12.5 Å². The number of benzene rings is 3. The molecule has 3 aromatic carbocycles. The van der Waals surface area contributed by atoms with Crippen molar-refractivity contribution >= 4 is 39.6 Å². The fourth-order valence-electron chi connectivity index (χ4n) is 3.14. The molecule has 3 aromatic rings. The highest BCUT2D eigenvalue weighted by atomic mass is 79.9. The molecule has 0 saturated carbocycles. The average Bonchev–Trinajstić information content (AvgIpc) is 2.79. The van der Waals surface area contributed by atoms with Crippen LogP contribution in [0.15, 0.2) is 88.4 Å². The summed E-state index contributed by atoms with van der Waals surface area (Å²) >= 11 is 3.54. The molecular formula is C25H25BrN4O2. The Balaban J connectivity index is 1.65. The van der Waals surface area contributed by atoms with Crippen LogP contribution in [0.5, 0.6) is 0 Å².